The Bertz CT molecular complexity index is 664. The summed E-state index contributed by atoms with van der Waals surface area (Å²) in [6, 6.07) is 12.1. The Morgan fingerprint density at radius 1 is 1.23 bits per heavy atom. The number of methoxy groups -OCH3 is 1. The molecular weight excluding hydrogens is 323 g/mol. The predicted molar refractivity (Wildman–Crippen MR) is 92.2 cm³/mol. The molecule has 1 atom stereocenters. The van der Waals surface area contributed by atoms with Gasteiger partial charge in [0.15, 0.2) is 5.11 Å². The van der Waals surface area contributed by atoms with E-state index in [1.807, 2.05) is 31.2 Å². The summed E-state index contributed by atoms with van der Waals surface area (Å²) in [4.78, 5) is 0. The summed E-state index contributed by atoms with van der Waals surface area (Å²) in [5, 5.41) is 6.62. The van der Waals surface area contributed by atoms with Crippen LogP contribution in [0.2, 0.25) is 5.02 Å². The number of rotatable bonds is 4. The molecule has 22 heavy (non-hydrogen) atoms. The van der Waals surface area contributed by atoms with Gasteiger partial charge in [0.25, 0.3) is 0 Å². The van der Waals surface area contributed by atoms with Crippen LogP contribution >= 0.6 is 23.8 Å². The van der Waals surface area contributed by atoms with E-state index in [4.69, 9.17) is 28.6 Å². The van der Waals surface area contributed by atoms with Gasteiger partial charge in [0.2, 0.25) is 0 Å². The first-order valence-electron chi connectivity index (χ1n) is 6.66. The molecule has 0 bridgehead atoms. The van der Waals surface area contributed by atoms with Crippen molar-refractivity contribution in [2.24, 2.45) is 0 Å². The zero-order chi connectivity index (χ0) is 16.1. The molecule has 0 aliphatic carbocycles. The minimum absolute atomic E-state index is 0.0156. The number of anilines is 1. The van der Waals surface area contributed by atoms with Crippen LogP contribution in [0.5, 0.6) is 5.75 Å². The van der Waals surface area contributed by atoms with Gasteiger partial charge in [0, 0.05) is 5.69 Å². The molecule has 0 fully saturated rings. The molecule has 3 nitrogen and oxygen atoms in total. The fraction of sp³-hybridized carbons (Fsp3) is 0.188. The van der Waals surface area contributed by atoms with Crippen LogP contribution in [0.3, 0.4) is 0 Å². The van der Waals surface area contributed by atoms with Gasteiger partial charge in [-0.1, -0.05) is 23.7 Å². The van der Waals surface area contributed by atoms with Crippen molar-refractivity contribution in [2.75, 3.05) is 12.4 Å². The van der Waals surface area contributed by atoms with Gasteiger partial charge in [0.05, 0.1) is 18.2 Å². The maximum absolute atomic E-state index is 13.1. The van der Waals surface area contributed by atoms with E-state index in [0.717, 1.165) is 11.3 Å². The summed E-state index contributed by atoms with van der Waals surface area (Å²) in [6.07, 6.45) is 0. The summed E-state index contributed by atoms with van der Waals surface area (Å²) in [6.45, 7) is 1.99. The van der Waals surface area contributed by atoms with Crippen LogP contribution in [0.25, 0.3) is 0 Å². The van der Waals surface area contributed by atoms with E-state index in [0.29, 0.717) is 10.8 Å². The van der Waals surface area contributed by atoms with Crippen LogP contribution in [0.4, 0.5) is 10.1 Å². The van der Waals surface area contributed by atoms with Gasteiger partial charge in [-0.15, -0.1) is 0 Å². The van der Waals surface area contributed by atoms with Gasteiger partial charge in [-0.05, 0) is 55.0 Å². The molecule has 2 N–H and O–H groups in total. The van der Waals surface area contributed by atoms with E-state index in [1.165, 1.54) is 12.1 Å². The molecule has 0 aliphatic rings. The quantitative estimate of drug-likeness (QED) is 0.802. The number of ether oxygens (including phenoxy) is 1. The van der Waals surface area contributed by atoms with Crippen molar-refractivity contribution >= 4 is 34.6 Å². The Kier molecular flexibility index (Phi) is 5.57. The van der Waals surface area contributed by atoms with Gasteiger partial charge < -0.3 is 15.4 Å². The van der Waals surface area contributed by atoms with Crippen molar-refractivity contribution in [3.63, 3.8) is 0 Å². The first-order valence-corrected chi connectivity index (χ1v) is 7.44. The van der Waals surface area contributed by atoms with E-state index in [2.05, 4.69) is 10.6 Å². The van der Waals surface area contributed by atoms with Gasteiger partial charge in [-0.3, -0.25) is 0 Å². The average molecular weight is 339 g/mol. The van der Waals surface area contributed by atoms with Crippen LogP contribution in [0.15, 0.2) is 42.5 Å². The molecule has 0 heterocycles. The SMILES string of the molecule is COc1ccc([C@H](C)NC(=S)Nc2ccc(F)c(Cl)c2)cc1. The third-order valence-corrected chi connectivity index (χ3v) is 3.65. The molecule has 0 radical (unpaired) electrons. The largest absolute Gasteiger partial charge is 0.497 e. The van der Waals surface area contributed by atoms with Gasteiger partial charge in [0.1, 0.15) is 11.6 Å². The lowest BCUT2D eigenvalue weighted by Gasteiger charge is -2.18. The predicted octanol–water partition coefficient (Wildman–Crippen LogP) is 4.54. The normalized spacial score (nSPS) is 11.6. The Labute approximate surface area is 139 Å². The molecule has 0 unspecified atom stereocenters. The van der Waals surface area contributed by atoms with Crippen molar-refractivity contribution in [3.05, 3.63) is 58.9 Å². The number of benzene rings is 2. The molecule has 2 aromatic carbocycles. The van der Waals surface area contributed by atoms with Crippen molar-refractivity contribution in [1.82, 2.24) is 5.32 Å². The second-order valence-electron chi connectivity index (χ2n) is 4.72. The van der Waals surface area contributed by atoms with Gasteiger partial charge >= 0.3 is 0 Å². The third kappa shape index (κ3) is 4.32. The van der Waals surface area contributed by atoms with Crippen LogP contribution in [0, 0.1) is 5.82 Å². The van der Waals surface area contributed by atoms with Gasteiger partial charge in [-0.25, -0.2) is 4.39 Å². The molecule has 116 valence electrons. The lowest BCUT2D eigenvalue weighted by molar-refractivity contribution is 0.414. The Morgan fingerprint density at radius 3 is 2.50 bits per heavy atom. The molecule has 6 heteroatoms. The third-order valence-electron chi connectivity index (χ3n) is 3.14. The number of hydrogen-bond donors (Lipinski definition) is 2. The van der Waals surface area contributed by atoms with Gasteiger partial charge in [-0.2, -0.15) is 0 Å². The molecule has 2 rings (SSSR count). The summed E-state index contributed by atoms with van der Waals surface area (Å²) >= 11 is 11.0. The smallest absolute Gasteiger partial charge is 0.171 e. The van der Waals surface area contributed by atoms with Crippen LogP contribution in [-0.4, -0.2) is 12.2 Å². The van der Waals surface area contributed by atoms with E-state index < -0.39 is 5.82 Å². The molecule has 0 saturated heterocycles. The van der Waals surface area contributed by atoms with E-state index in [1.54, 1.807) is 13.2 Å². The minimum Gasteiger partial charge on any atom is -0.497 e. The zero-order valence-corrected chi connectivity index (χ0v) is 13.8. The van der Waals surface area contributed by atoms with Crippen molar-refractivity contribution in [3.8, 4) is 5.75 Å². The Balaban J connectivity index is 1.96. The zero-order valence-electron chi connectivity index (χ0n) is 12.2. The highest BCUT2D eigenvalue weighted by Gasteiger charge is 2.08. The summed E-state index contributed by atoms with van der Waals surface area (Å²) < 4.78 is 18.2. The Morgan fingerprint density at radius 2 is 1.91 bits per heavy atom. The first kappa shape index (κ1) is 16.5. The monoisotopic (exact) mass is 338 g/mol. The van der Waals surface area contributed by atoms with Crippen LogP contribution < -0.4 is 15.4 Å². The molecule has 0 aliphatic heterocycles. The highest BCUT2D eigenvalue weighted by molar-refractivity contribution is 7.80. The average Bonchev–Trinajstić information content (AvgIpc) is 2.51. The lowest BCUT2D eigenvalue weighted by Crippen LogP contribution is -2.30. The number of hydrogen-bond acceptors (Lipinski definition) is 2. The molecule has 0 spiro atoms. The lowest BCUT2D eigenvalue weighted by atomic mass is 10.1. The minimum atomic E-state index is -0.460. The van der Waals surface area contributed by atoms with Crippen molar-refractivity contribution < 1.29 is 9.13 Å². The van der Waals surface area contributed by atoms with E-state index >= 15 is 0 Å². The molecule has 2 aromatic rings. The second kappa shape index (κ2) is 7.42. The molecular formula is C16H16ClFN2OS. The standard InChI is InChI=1S/C16H16ClFN2OS/c1-10(11-3-6-13(21-2)7-4-11)19-16(22)20-12-5-8-15(18)14(17)9-12/h3-10H,1-2H3,(H2,19,20,22)/t10-/m0/s1. The van der Waals surface area contributed by atoms with Crippen molar-refractivity contribution in [2.45, 2.75) is 13.0 Å². The number of halogens is 2. The summed E-state index contributed by atoms with van der Waals surface area (Å²) in [7, 11) is 1.63. The van der Waals surface area contributed by atoms with Crippen LogP contribution in [0.1, 0.15) is 18.5 Å². The second-order valence-corrected chi connectivity index (χ2v) is 5.54. The highest BCUT2D eigenvalue weighted by atomic mass is 35.5. The summed E-state index contributed by atoms with van der Waals surface area (Å²) in [5.74, 6) is 0.343. The van der Waals surface area contributed by atoms with E-state index in [9.17, 15) is 4.39 Å². The fourth-order valence-corrected chi connectivity index (χ4v) is 2.39. The highest BCUT2D eigenvalue weighted by Crippen LogP contribution is 2.20. The Hall–Kier alpha value is -1.85. The van der Waals surface area contributed by atoms with E-state index in [-0.39, 0.29) is 11.1 Å². The fourth-order valence-electron chi connectivity index (χ4n) is 1.91. The molecule has 0 amide bonds. The maximum atomic E-state index is 13.1. The van der Waals surface area contributed by atoms with Crippen LogP contribution in [-0.2, 0) is 0 Å². The number of nitrogens with one attached hydrogen (secondary N) is 2. The maximum Gasteiger partial charge on any atom is 0.171 e. The topological polar surface area (TPSA) is 33.3 Å². The summed E-state index contributed by atoms with van der Waals surface area (Å²) in [5.41, 5.74) is 1.70. The number of thiocarbonyl (C=S) groups is 1. The molecule has 0 saturated carbocycles. The van der Waals surface area contributed by atoms with Crippen molar-refractivity contribution in [1.29, 1.82) is 0 Å². The molecule has 0 aromatic heterocycles. The first-order chi connectivity index (χ1) is 10.5.